The number of nitrogens with zero attached hydrogens (tertiary/aromatic N) is 2. The zero-order chi connectivity index (χ0) is 18.4. The molecular weight excluding hydrogens is 328 g/mol. The van der Waals surface area contributed by atoms with Gasteiger partial charge in [-0.15, -0.1) is 0 Å². The largest absolute Gasteiger partial charge is 0.326 e. The van der Waals surface area contributed by atoms with E-state index < -0.39 is 0 Å². The maximum atomic E-state index is 12.2. The van der Waals surface area contributed by atoms with Crippen molar-refractivity contribution in [2.45, 2.75) is 13.3 Å². The van der Waals surface area contributed by atoms with Crippen LogP contribution < -0.4 is 10.7 Å². The number of aromatic nitrogens is 1. The van der Waals surface area contributed by atoms with Gasteiger partial charge in [0.15, 0.2) is 0 Å². The molecule has 0 saturated carbocycles. The molecular formula is C20H18N4O2. The number of benzene rings is 2. The number of fused-ring (bicyclic) bond motifs is 1. The Hall–Kier alpha value is -3.54. The molecule has 3 rings (SSSR count). The number of carbonyl (C=O) groups excluding carboxylic acids is 2. The van der Waals surface area contributed by atoms with Gasteiger partial charge in [0.25, 0.3) is 5.91 Å². The summed E-state index contributed by atoms with van der Waals surface area (Å²) in [5.41, 5.74) is 4.05. The normalized spacial score (nSPS) is 11.2. The number of pyridine rings is 1. The molecule has 0 radical (unpaired) electrons. The summed E-state index contributed by atoms with van der Waals surface area (Å²) in [5, 5.41) is 8.97. The Balaban J connectivity index is 1.57. The van der Waals surface area contributed by atoms with Gasteiger partial charge in [0, 0.05) is 23.8 Å². The number of carbonyl (C=O) groups is 2. The van der Waals surface area contributed by atoms with Crippen LogP contribution in [0.5, 0.6) is 0 Å². The Morgan fingerprint density at radius 2 is 1.85 bits per heavy atom. The van der Waals surface area contributed by atoms with E-state index in [2.05, 4.69) is 20.8 Å². The highest BCUT2D eigenvalue weighted by molar-refractivity contribution is 6.06. The van der Waals surface area contributed by atoms with Crippen LogP contribution in [0.4, 0.5) is 5.69 Å². The highest BCUT2D eigenvalue weighted by Gasteiger charge is 2.07. The van der Waals surface area contributed by atoms with Gasteiger partial charge < -0.3 is 5.32 Å². The Morgan fingerprint density at radius 3 is 2.62 bits per heavy atom. The van der Waals surface area contributed by atoms with Crippen molar-refractivity contribution in [3.05, 3.63) is 72.6 Å². The van der Waals surface area contributed by atoms with Crippen molar-refractivity contribution < 1.29 is 9.59 Å². The Bertz CT molecular complexity index is 968. The third kappa shape index (κ3) is 4.51. The Morgan fingerprint density at radius 1 is 1.04 bits per heavy atom. The van der Waals surface area contributed by atoms with Crippen LogP contribution in [0.15, 0.2) is 72.1 Å². The molecule has 0 saturated heterocycles. The molecule has 0 aliphatic heterocycles. The van der Waals surface area contributed by atoms with Crippen molar-refractivity contribution in [3.8, 4) is 0 Å². The van der Waals surface area contributed by atoms with Crippen LogP contribution in [-0.2, 0) is 4.79 Å². The van der Waals surface area contributed by atoms with Crippen LogP contribution in [0.1, 0.15) is 23.7 Å². The van der Waals surface area contributed by atoms with Gasteiger partial charge in [0.2, 0.25) is 5.91 Å². The molecule has 2 aromatic carbocycles. The number of rotatable bonds is 5. The van der Waals surface area contributed by atoms with E-state index >= 15 is 0 Å². The van der Waals surface area contributed by atoms with Crippen molar-refractivity contribution in [2.75, 3.05) is 5.32 Å². The first-order valence-electron chi connectivity index (χ1n) is 8.14. The van der Waals surface area contributed by atoms with E-state index in [-0.39, 0.29) is 18.2 Å². The minimum Gasteiger partial charge on any atom is -0.326 e. The fourth-order valence-corrected chi connectivity index (χ4v) is 2.45. The molecule has 0 unspecified atom stereocenters. The lowest BCUT2D eigenvalue weighted by Crippen LogP contribution is -2.21. The highest BCUT2D eigenvalue weighted by atomic mass is 16.2. The number of nitrogens with one attached hydrogen (secondary N) is 2. The van der Waals surface area contributed by atoms with Crippen LogP contribution in [0.3, 0.4) is 0 Å². The summed E-state index contributed by atoms with van der Waals surface area (Å²) < 4.78 is 0. The van der Waals surface area contributed by atoms with Gasteiger partial charge in [-0.05, 0) is 42.0 Å². The third-order valence-electron chi connectivity index (χ3n) is 3.72. The summed E-state index contributed by atoms with van der Waals surface area (Å²) in [6.45, 7) is 1.68. The average Bonchev–Trinajstić information content (AvgIpc) is 2.66. The average molecular weight is 346 g/mol. The molecule has 26 heavy (non-hydrogen) atoms. The van der Waals surface area contributed by atoms with E-state index in [9.17, 15) is 9.59 Å². The predicted octanol–water partition coefficient (Wildman–Crippen LogP) is 3.37. The summed E-state index contributed by atoms with van der Waals surface area (Å²) in [6, 6.07) is 17.0. The van der Waals surface area contributed by atoms with E-state index in [0.29, 0.717) is 11.3 Å². The monoisotopic (exact) mass is 346 g/mol. The van der Waals surface area contributed by atoms with Gasteiger partial charge in [-0.2, -0.15) is 5.10 Å². The summed E-state index contributed by atoms with van der Waals surface area (Å²) in [6.07, 6.45) is 3.12. The minimum absolute atomic E-state index is 0.0835. The first kappa shape index (κ1) is 17.3. The molecule has 0 spiro atoms. The summed E-state index contributed by atoms with van der Waals surface area (Å²) >= 11 is 0. The second-order valence-electron chi connectivity index (χ2n) is 5.82. The van der Waals surface area contributed by atoms with Crippen molar-refractivity contribution in [3.63, 3.8) is 0 Å². The molecule has 2 amide bonds. The van der Waals surface area contributed by atoms with Crippen molar-refractivity contribution in [2.24, 2.45) is 5.10 Å². The second kappa shape index (κ2) is 8.02. The number of hydrogen-bond donors (Lipinski definition) is 2. The molecule has 3 aromatic rings. The van der Waals surface area contributed by atoms with E-state index in [0.717, 1.165) is 16.5 Å². The molecule has 6 heteroatoms. The van der Waals surface area contributed by atoms with Crippen molar-refractivity contribution >= 4 is 34.0 Å². The summed E-state index contributed by atoms with van der Waals surface area (Å²) in [4.78, 5) is 27.9. The highest BCUT2D eigenvalue weighted by Crippen LogP contribution is 2.18. The molecule has 2 N–H and O–H groups in total. The SMILES string of the molecule is C/C(CC(=O)Nc1ccc2ccccc2c1)=N/NC(=O)c1cccnc1. The zero-order valence-electron chi connectivity index (χ0n) is 14.3. The van der Waals surface area contributed by atoms with Crippen molar-refractivity contribution in [1.82, 2.24) is 10.4 Å². The molecule has 0 bridgehead atoms. The first-order chi connectivity index (χ1) is 12.6. The quantitative estimate of drug-likeness (QED) is 0.549. The zero-order valence-corrected chi connectivity index (χ0v) is 14.3. The van der Waals surface area contributed by atoms with Crippen molar-refractivity contribution in [1.29, 1.82) is 0 Å². The summed E-state index contributed by atoms with van der Waals surface area (Å²) in [5.74, 6) is -0.565. The van der Waals surface area contributed by atoms with Gasteiger partial charge in [0.05, 0.1) is 12.0 Å². The Labute approximate surface area is 151 Å². The maximum Gasteiger partial charge on any atom is 0.272 e. The molecule has 1 heterocycles. The lowest BCUT2D eigenvalue weighted by Gasteiger charge is -2.07. The van der Waals surface area contributed by atoms with Gasteiger partial charge in [-0.3, -0.25) is 14.6 Å². The third-order valence-corrected chi connectivity index (χ3v) is 3.72. The van der Waals surface area contributed by atoms with Gasteiger partial charge in [-0.1, -0.05) is 30.3 Å². The van der Waals surface area contributed by atoms with E-state index in [4.69, 9.17) is 0 Å². The number of anilines is 1. The standard InChI is InChI=1S/C20H18N4O2/c1-14(23-24-20(26)17-7-4-10-21-13-17)11-19(25)22-18-9-8-15-5-2-3-6-16(15)12-18/h2-10,12-13H,11H2,1H3,(H,22,25)(H,24,26)/b23-14-. The predicted molar refractivity (Wildman–Crippen MR) is 102 cm³/mol. The second-order valence-corrected chi connectivity index (χ2v) is 5.82. The lowest BCUT2D eigenvalue weighted by atomic mass is 10.1. The smallest absolute Gasteiger partial charge is 0.272 e. The molecule has 130 valence electrons. The fraction of sp³-hybridized carbons (Fsp3) is 0.100. The minimum atomic E-state index is -0.368. The fourth-order valence-electron chi connectivity index (χ4n) is 2.45. The molecule has 0 aliphatic carbocycles. The van der Waals surface area contributed by atoms with Crippen LogP contribution in [0, 0.1) is 0 Å². The van der Waals surface area contributed by atoms with Gasteiger partial charge in [0.1, 0.15) is 0 Å². The maximum absolute atomic E-state index is 12.2. The van der Waals surface area contributed by atoms with E-state index in [1.807, 2.05) is 42.5 Å². The van der Waals surface area contributed by atoms with Crippen LogP contribution in [0.25, 0.3) is 10.8 Å². The summed E-state index contributed by atoms with van der Waals surface area (Å²) in [7, 11) is 0. The van der Waals surface area contributed by atoms with E-state index in [1.165, 1.54) is 6.20 Å². The van der Waals surface area contributed by atoms with Crippen LogP contribution >= 0.6 is 0 Å². The van der Waals surface area contributed by atoms with Crippen LogP contribution in [-0.4, -0.2) is 22.5 Å². The molecule has 0 atom stereocenters. The number of hydrazone groups is 1. The number of hydrogen-bond acceptors (Lipinski definition) is 4. The van der Waals surface area contributed by atoms with Crippen LogP contribution in [0.2, 0.25) is 0 Å². The van der Waals surface area contributed by atoms with Gasteiger partial charge >= 0.3 is 0 Å². The Kier molecular flexibility index (Phi) is 5.34. The first-order valence-corrected chi connectivity index (χ1v) is 8.14. The van der Waals surface area contributed by atoms with Gasteiger partial charge in [-0.25, -0.2) is 5.43 Å². The topological polar surface area (TPSA) is 83.5 Å². The molecule has 1 aromatic heterocycles. The molecule has 0 aliphatic rings. The molecule has 0 fully saturated rings. The molecule has 6 nitrogen and oxygen atoms in total. The lowest BCUT2D eigenvalue weighted by molar-refractivity contribution is -0.115. The van der Waals surface area contributed by atoms with E-state index in [1.54, 1.807) is 25.3 Å². The number of amides is 2.